The molecule has 4 aliphatic rings. The maximum atomic E-state index is 14.9. The van der Waals surface area contributed by atoms with E-state index >= 15 is 0 Å². The van der Waals surface area contributed by atoms with E-state index in [4.69, 9.17) is 13.7 Å². The molecule has 0 aromatic carbocycles. The van der Waals surface area contributed by atoms with Gasteiger partial charge in [0.25, 0.3) is 0 Å². The van der Waals surface area contributed by atoms with Crippen molar-refractivity contribution in [1.29, 1.82) is 0 Å². The molecule has 0 aromatic rings. The molecule has 6 atom stereocenters. The van der Waals surface area contributed by atoms with Crippen LogP contribution in [0.15, 0.2) is 0 Å². The number of esters is 1. The highest BCUT2D eigenvalue weighted by molar-refractivity contribution is 7.87. The first kappa shape index (κ1) is 24.0. The molecule has 0 aromatic heterocycles. The Labute approximate surface area is 187 Å². The standard InChI is InChI=1S/C22H32F2O7S/c1-12(30-18-14-9-15-16(10-14)20(26)31-19(15)18)22(23,24)32(27,28)29-11-21(2,3)17(25)8-13-6-4-5-7-13/h12-16,18-19H,4-11H2,1-3H3. The number of halogens is 2. The van der Waals surface area contributed by atoms with Crippen LogP contribution in [0.5, 0.6) is 0 Å². The lowest BCUT2D eigenvalue weighted by Gasteiger charge is -2.32. The molecular weight excluding hydrogens is 446 g/mol. The molecule has 1 aliphatic heterocycles. The van der Waals surface area contributed by atoms with E-state index in [2.05, 4.69) is 0 Å². The predicted octanol–water partition coefficient (Wildman–Crippen LogP) is 3.46. The first-order chi connectivity index (χ1) is 14.8. The Balaban J connectivity index is 1.35. The Kier molecular flexibility index (Phi) is 6.20. The highest BCUT2D eigenvalue weighted by atomic mass is 32.2. The second kappa shape index (κ2) is 8.27. The molecule has 7 nitrogen and oxygen atoms in total. The number of hydrogen-bond donors (Lipinski definition) is 0. The minimum atomic E-state index is -5.35. The first-order valence-electron chi connectivity index (χ1n) is 11.5. The summed E-state index contributed by atoms with van der Waals surface area (Å²) in [6.45, 7) is 3.35. The topological polar surface area (TPSA) is 96.0 Å². The van der Waals surface area contributed by atoms with Crippen LogP contribution >= 0.6 is 0 Å². The third kappa shape index (κ3) is 4.11. The molecule has 10 heteroatoms. The molecule has 2 bridgehead atoms. The van der Waals surface area contributed by atoms with Crippen LogP contribution in [0.25, 0.3) is 0 Å². The Bertz CT molecular complexity index is 866. The minimum Gasteiger partial charge on any atom is -0.459 e. The van der Waals surface area contributed by atoms with Gasteiger partial charge < -0.3 is 9.47 Å². The van der Waals surface area contributed by atoms with Crippen molar-refractivity contribution in [2.45, 2.75) is 89.3 Å². The van der Waals surface area contributed by atoms with Gasteiger partial charge in [0, 0.05) is 17.8 Å². The van der Waals surface area contributed by atoms with Crippen LogP contribution in [-0.2, 0) is 33.4 Å². The summed E-state index contributed by atoms with van der Waals surface area (Å²) in [6.07, 6.45) is 2.18. The Morgan fingerprint density at radius 1 is 1.22 bits per heavy atom. The van der Waals surface area contributed by atoms with Crippen LogP contribution in [0.2, 0.25) is 0 Å². The molecule has 0 N–H and O–H groups in total. The van der Waals surface area contributed by atoms with Gasteiger partial charge in [-0.3, -0.25) is 13.8 Å². The molecule has 0 spiro atoms. The van der Waals surface area contributed by atoms with Gasteiger partial charge in [-0.2, -0.15) is 17.2 Å². The quantitative estimate of drug-likeness (QED) is 0.350. The fourth-order valence-electron chi connectivity index (χ4n) is 5.74. The number of alkyl halides is 2. The lowest BCUT2D eigenvalue weighted by molar-refractivity contribution is -0.160. The van der Waals surface area contributed by atoms with E-state index in [1.165, 1.54) is 13.8 Å². The molecule has 182 valence electrons. The fourth-order valence-corrected chi connectivity index (χ4v) is 6.81. The van der Waals surface area contributed by atoms with Crippen LogP contribution in [0, 0.1) is 29.1 Å². The average Bonchev–Trinajstić information content (AvgIpc) is 3.46. The zero-order valence-corrected chi connectivity index (χ0v) is 19.5. The highest BCUT2D eigenvalue weighted by Gasteiger charge is 2.64. The van der Waals surface area contributed by atoms with E-state index in [1.807, 2.05) is 0 Å². The largest absolute Gasteiger partial charge is 0.459 e. The van der Waals surface area contributed by atoms with E-state index in [1.54, 1.807) is 0 Å². The van der Waals surface area contributed by atoms with Crippen molar-refractivity contribution in [3.05, 3.63) is 0 Å². The molecule has 1 heterocycles. The number of ether oxygens (including phenoxy) is 2. The summed E-state index contributed by atoms with van der Waals surface area (Å²) in [5.74, 6) is -0.593. The molecule has 4 rings (SSSR count). The molecule has 3 saturated carbocycles. The van der Waals surface area contributed by atoms with E-state index in [9.17, 15) is 26.8 Å². The van der Waals surface area contributed by atoms with Crippen LogP contribution in [-0.4, -0.2) is 50.3 Å². The molecule has 0 amide bonds. The Hall–Kier alpha value is -1.13. The predicted molar refractivity (Wildman–Crippen MR) is 109 cm³/mol. The second-order valence-corrected chi connectivity index (χ2v) is 12.3. The van der Waals surface area contributed by atoms with E-state index in [0.717, 1.165) is 32.6 Å². The monoisotopic (exact) mass is 478 g/mol. The molecule has 6 unspecified atom stereocenters. The van der Waals surface area contributed by atoms with Crippen molar-refractivity contribution in [2.24, 2.45) is 29.1 Å². The van der Waals surface area contributed by atoms with Crippen LogP contribution in [0.3, 0.4) is 0 Å². The van der Waals surface area contributed by atoms with Gasteiger partial charge in [-0.15, -0.1) is 0 Å². The molecule has 3 aliphatic carbocycles. The second-order valence-electron chi connectivity index (χ2n) is 10.6. The maximum Gasteiger partial charge on any atom is 0.395 e. The Morgan fingerprint density at radius 3 is 2.53 bits per heavy atom. The number of carbonyl (C=O) groups is 2. The van der Waals surface area contributed by atoms with Gasteiger partial charge in [0.2, 0.25) is 0 Å². The summed E-state index contributed by atoms with van der Waals surface area (Å²) >= 11 is 0. The summed E-state index contributed by atoms with van der Waals surface area (Å²) in [7, 11) is -5.35. The van der Waals surface area contributed by atoms with E-state index in [0.29, 0.717) is 19.3 Å². The molecule has 4 fully saturated rings. The summed E-state index contributed by atoms with van der Waals surface area (Å²) in [5, 5.41) is -4.32. The van der Waals surface area contributed by atoms with Crippen molar-refractivity contribution in [2.75, 3.05) is 6.61 Å². The van der Waals surface area contributed by atoms with Gasteiger partial charge in [0.05, 0.1) is 18.6 Å². The normalized spacial score (nSPS) is 33.7. The Morgan fingerprint density at radius 2 is 1.88 bits per heavy atom. The van der Waals surface area contributed by atoms with Crippen LogP contribution in [0.1, 0.15) is 65.7 Å². The maximum absolute atomic E-state index is 14.9. The number of fused-ring (bicyclic) bond motifs is 1. The molecule has 32 heavy (non-hydrogen) atoms. The molecule has 1 saturated heterocycles. The molecule has 0 radical (unpaired) electrons. The van der Waals surface area contributed by atoms with Crippen LogP contribution < -0.4 is 0 Å². The lowest BCUT2D eigenvalue weighted by atomic mass is 9.83. The van der Waals surface area contributed by atoms with Crippen molar-refractivity contribution in [3.8, 4) is 0 Å². The average molecular weight is 479 g/mol. The first-order valence-corrected chi connectivity index (χ1v) is 12.9. The van der Waals surface area contributed by atoms with Gasteiger partial charge in [-0.1, -0.05) is 39.5 Å². The fraction of sp³-hybridized carbons (Fsp3) is 0.909. The van der Waals surface area contributed by atoms with Gasteiger partial charge >= 0.3 is 21.3 Å². The number of ketones is 1. The summed E-state index contributed by atoms with van der Waals surface area (Å²) < 4.78 is 70.1. The number of hydrogen-bond acceptors (Lipinski definition) is 7. The van der Waals surface area contributed by atoms with E-state index < -0.39 is 45.7 Å². The summed E-state index contributed by atoms with van der Waals surface area (Å²) in [4.78, 5) is 24.4. The zero-order chi connectivity index (χ0) is 23.5. The van der Waals surface area contributed by atoms with Crippen molar-refractivity contribution in [1.82, 2.24) is 0 Å². The minimum absolute atomic E-state index is 0.0436. The van der Waals surface area contributed by atoms with Crippen molar-refractivity contribution in [3.63, 3.8) is 0 Å². The van der Waals surface area contributed by atoms with Gasteiger partial charge in [0.15, 0.2) is 0 Å². The van der Waals surface area contributed by atoms with Gasteiger partial charge in [-0.25, -0.2) is 0 Å². The zero-order valence-electron chi connectivity index (χ0n) is 18.7. The smallest absolute Gasteiger partial charge is 0.395 e. The summed E-state index contributed by atoms with van der Waals surface area (Å²) in [6, 6.07) is 0. The number of Topliss-reactive ketones (excluding diaryl/α,β-unsaturated/α-hetero) is 1. The van der Waals surface area contributed by atoms with Gasteiger partial charge in [0.1, 0.15) is 18.0 Å². The van der Waals surface area contributed by atoms with E-state index in [-0.39, 0.29) is 35.4 Å². The van der Waals surface area contributed by atoms with Crippen LogP contribution in [0.4, 0.5) is 8.78 Å². The van der Waals surface area contributed by atoms with Crippen molar-refractivity contribution >= 4 is 21.9 Å². The summed E-state index contributed by atoms with van der Waals surface area (Å²) in [5.41, 5.74) is -1.20. The third-order valence-electron chi connectivity index (χ3n) is 7.86. The van der Waals surface area contributed by atoms with Crippen molar-refractivity contribution < 1.29 is 40.4 Å². The number of rotatable bonds is 10. The lowest BCUT2D eigenvalue weighted by Crippen LogP contribution is -2.47. The van der Waals surface area contributed by atoms with Gasteiger partial charge in [-0.05, 0) is 31.6 Å². The third-order valence-corrected chi connectivity index (χ3v) is 9.29. The highest BCUT2D eigenvalue weighted by Crippen LogP contribution is 2.56. The number of carbonyl (C=O) groups excluding carboxylic acids is 2. The SMILES string of the molecule is CC(OC1C2CC3C(=O)OC1C3C2)C(F)(F)S(=O)(=O)OCC(C)(C)C(=O)CC1CCCC1. The molecular formula is C22H32F2O7S.